The zero-order valence-corrected chi connectivity index (χ0v) is 13.6. The van der Waals surface area contributed by atoms with E-state index in [0.29, 0.717) is 0 Å². The smallest absolute Gasteiger partial charge is 0.207 e. The van der Waals surface area contributed by atoms with Crippen LogP contribution in [0.3, 0.4) is 0 Å². The summed E-state index contributed by atoms with van der Waals surface area (Å²) in [6.45, 7) is 0. The largest absolute Gasteiger partial charge is 0.241 e. The zero-order chi connectivity index (χ0) is 17.0. The molecule has 122 valence electrons. The average molecular weight is 341 g/mol. The van der Waals surface area contributed by atoms with Gasteiger partial charge in [0, 0.05) is 0 Å². The molecule has 0 spiro atoms. The summed E-state index contributed by atoms with van der Waals surface area (Å²) in [4.78, 5) is 0.0285. The lowest BCUT2D eigenvalue weighted by atomic mass is 10.00. The fraction of sp³-hybridized carbons (Fsp3) is 0.0526. The second kappa shape index (κ2) is 6.95. The van der Waals surface area contributed by atoms with E-state index in [1.165, 1.54) is 12.1 Å². The van der Waals surface area contributed by atoms with Gasteiger partial charge in [-0.1, -0.05) is 60.7 Å². The summed E-state index contributed by atoms with van der Waals surface area (Å²) >= 11 is 0. The molecule has 0 saturated heterocycles. The molecule has 24 heavy (non-hydrogen) atoms. The molecule has 0 atom stereocenters. The highest BCUT2D eigenvalue weighted by Gasteiger charge is 2.22. The monoisotopic (exact) mass is 341 g/mol. The quantitative estimate of drug-likeness (QED) is 0.765. The van der Waals surface area contributed by atoms with Crippen LogP contribution in [0.1, 0.15) is 17.2 Å². The van der Waals surface area contributed by atoms with Crippen LogP contribution in [0.4, 0.5) is 4.39 Å². The first-order chi connectivity index (χ1) is 11.6. The number of sulfonamides is 1. The molecule has 0 bridgehead atoms. The van der Waals surface area contributed by atoms with Crippen LogP contribution in [0.15, 0.2) is 89.8 Å². The van der Waals surface area contributed by atoms with Gasteiger partial charge in [0.25, 0.3) is 0 Å². The van der Waals surface area contributed by atoms with E-state index in [0.717, 1.165) is 23.3 Å². The minimum absolute atomic E-state index is 0.0285. The van der Waals surface area contributed by atoms with Crippen molar-refractivity contribution >= 4 is 10.0 Å². The molecule has 0 aliphatic carbocycles. The molecule has 3 aromatic rings. The van der Waals surface area contributed by atoms with E-state index < -0.39 is 21.9 Å². The molecule has 0 radical (unpaired) electrons. The second-order valence-electron chi connectivity index (χ2n) is 5.33. The van der Waals surface area contributed by atoms with E-state index in [9.17, 15) is 12.8 Å². The number of hydrogen-bond acceptors (Lipinski definition) is 2. The Bertz CT molecular complexity index is 856. The second-order valence-corrected chi connectivity index (χ2v) is 7.04. The maximum absolute atomic E-state index is 13.1. The van der Waals surface area contributed by atoms with Gasteiger partial charge in [-0.2, -0.15) is 4.72 Å². The predicted molar refractivity (Wildman–Crippen MR) is 91.4 cm³/mol. The van der Waals surface area contributed by atoms with E-state index >= 15 is 0 Å². The summed E-state index contributed by atoms with van der Waals surface area (Å²) < 4.78 is 41.1. The fourth-order valence-corrected chi connectivity index (χ4v) is 3.67. The van der Waals surface area contributed by atoms with Crippen molar-refractivity contribution in [1.82, 2.24) is 4.72 Å². The van der Waals surface area contributed by atoms with Crippen LogP contribution in [-0.4, -0.2) is 8.42 Å². The van der Waals surface area contributed by atoms with E-state index in [4.69, 9.17) is 0 Å². The number of nitrogens with one attached hydrogen (secondary N) is 1. The zero-order valence-electron chi connectivity index (χ0n) is 12.8. The van der Waals surface area contributed by atoms with Crippen molar-refractivity contribution < 1.29 is 12.8 Å². The molecule has 0 aliphatic heterocycles. The molecule has 0 aromatic heterocycles. The third-order valence-corrected chi connectivity index (χ3v) is 5.10. The Hall–Kier alpha value is -2.50. The van der Waals surface area contributed by atoms with Gasteiger partial charge < -0.3 is 0 Å². The lowest BCUT2D eigenvalue weighted by Gasteiger charge is -2.20. The average Bonchev–Trinajstić information content (AvgIpc) is 2.62. The third kappa shape index (κ3) is 3.69. The van der Waals surface area contributed by atoms with Crippen LogP contribution in [0.25, 0.3) is 0 Å². The fourth-order valence-electron chi connectivity index (χ4n) is 2.46. The molecule has 3 aromatic carbocycles. The Morgan fingerprint density at radius 1 is 0.708 bits per heavy atom. The molecule has 0 unspecified atom stereocenters. The lowest BCUT2D eigenvalue weighted by molar-refractivity contribution is 0.571. The first-order valence-electron chi connectivity index (χ1n) is 7.44. The first-order valence-corrected chi connectivity index (χ1v) is 8.92. The molecule has 0 saturated carbocycles. The van der Waals surface area contributed by atoms with Crippen LogP contribution < -0.4 is 4.72 Å². The van der Waals surface area contributed by atoms with E-state index in [2.05, 4.69) is 4.72 Å². The summed E-state index contributed by atoms with van der Waals surface area (Å²) in [7, 11) is -3.79. The molecule has 5 heteroatoms. The topological polar surface area (TPSA) is 46.2 Å². The predicted octanol–water partition coefficient (Wildman–Crippen LogP) is 3.89. The summed E-state index contributed by atoms with van der Waals surface area (Å²) in [6, 6.07) is 22.9. The van der Waals surface area contributed by atoms with Crippen molar-refractivity contribution in [3.05, 3.63) is 102 Å². The maximum atomic E-state index is 13.1. The van der Waals surface area contributed by atoms with Crippen molar-refractivity contribution in [2.45, 2.75) is 10.9 Å². The molecule has 0 heterocycles. The molecule has 0 aliphatic rings. The molecular weight excluding hydrogens is 325 g/mol. The van der Waals surface area contributed by atoms with E-state index in [1.54, 1.807) is 0 Å². The Kier molecular flexibility index (Phi) is 4.74. The standard InChI is InChI=1S/C19H16FNO2S/c20-17-11-13-18(14-12-17)24(22,23)21-19(15-7-3-1-4-8-15)16-9-5-2-6-10-16/h1-14,19,21H. The molecule has 0 amide bonds. The first kappa shape index (κ1) is 16.4. The van der Waals surface area contributed by atoms with Crippen molar-refractivity contribution in [3.8, 4) is 0 Å². The summed E-state index contributed by atoms with van der Waals surface area (Å²) in [5.74, 6) is -0.475. The van der Waals surface area contributed by atoms with Crippen molar-refractivity contribution in [1.29, 1.82) is 0 Å². The number of benzene rings is 3. The van der Waals surface area contributed by atoms with Gasteiger partial charge in [0.1, 0.15) is 5.82 Å². The Morgan fingerprint density at radius 3 is 1.62 bits per heavy atom. The van der Waals surface area contributed by atoms with Crippen LogP contribution in [-0.2, 0) is 10.0 Å². The number of halogens is 1. The van der Waals surface area contributed by atoms with Gasteiger partial charge in [-0.05, 0) is 35.4 Å². The third-order valence-electron chi connectivity index (χ3n) is 3.66. The summed E-state index contributed by atoms with van der Waals surface area (Å²) in [5.41, 5.74) is 1.66. The van der Waals surface area contributed by atoms with Gasteiger partial charge in [0.15, 0.2) is 0 Å². The highest BCUT2D eigenvalue weighted by molar-refractivity contribution is 7.89. The van der Waals surface area contributed by atoms with E-state index in [-0.39, 0.29) is 4.90 Å². The van der Waals surface area contributed by atoms with E-state index in [1.807, 2.05) is 60.7 Å². The molecule has 3 rings (SSSR count). The molecule has 0 fully saturated rings. The van der Waals surface area contributed by atoms with Crippen LogP contribution in [0, 0.1) is 5.82 Å². The minimum Gasteiger partial charge on any atom is -0.207 e. The van der Waals surface area contributed by atoms with Crippen molar-refractivity contribution in [2.75, 3.05) is 0 Å². The SMILES string of the molecule is O=S(=O)(NC(c1ccccc1)c1ccccc1)c1ccc(F)cc1. The van der Waals surface area contributed by atoms with Crippen LogP contribution in [0.5, 0.6) is 0 Å². The number of hydrogen-bond donors (Lipinski definition) is 1. The van der Waals surface area contributed by atoms with Gasteiger partial charge in [0.2, 0.25) is 10.0 Å². The summed E-state index contributed by atoms with van der Waals surface area (Å²) in [5, 5.41) is 0. The maximum Gasteiger partial charge on any atom is 0.241 e. The normalized spacial score (nSPS) is 11.6. The van der Waals surface area contributed by atoms with Gasteiger partial charge in [-0.15, -0.1) is 0 Å². The van der Waals surface area contributed by atoms with Crippen molar-refractivity contribution in [2.24, 2.45) is 0 Å². The molecule has 1 N–H and O–H groups in total. The van der Waals surface area contributed by atoms with Gasteiger partial charge in [-0.3, -0.25) is 0 Å². The number of rotatable bonds is 5. The highest BCUT2D eigenvalue weighted by Crippen LogP contribution is 2.24. The minimum atomic E-state index is -3.79. The van der Waals surface area contributed by atoms with Crippen molar-refractivity contribution in [3.63, 3.8) is 0 Å². The molecule has 3 nitrogen and oxygen atoms in total. The lowest BCUT2D eigenvalue weighted by Crippen LogP contribution is -2.29. The summed E-state index contributed by atoms with van der Waals surface area (Å²) in [6.07, 6.45) is 0. The van der Waals surface area contributed by atoms with Gasteiger partial charge in [-0.25, -0.2) is 12.8 Å². The van der Waals surface area contributed by atoms with Crippen LogP contribution >= 0.6 is 0 Å². The van der Waals surface area contributed by atoms with Crippen LogP contribution in [0.2, 0.25) is 0 Å². The van der Waals surface area contributed by atoms with Gasteiger partial charge in [0.05, 0.1) is 10.9 Å². The van der Waals surface area contributed by atoms with Gasteiger partial charge >= 0.3 is 0 Å². The Labute approximate surface area is 140 Å². The Balaban J connectivity index is 1.99. The highest BCUT2D eigenvalue weighted by atomic mass is 32.2. The molecular formula is C19H16FNO2S. The Morgan fingerprint density at radius 2 is 1.17 bits per heavy atom.